The Kier molecular flexibility index (Phi) is 10.3. The van der Waals surface area contributed by atoms with Crippen molar-refractivity contribution in [1.82, 2.24) is 4.72 Å². The van der Waals surface area contributed by atoms with Crippen LogP contribution in [0.2, 0.25) is 0 Å². The highest BCUT2D eigenvalue weighted by Crippen LogP contribution is 2.13. The minimum Gasteiger partial charge on any atom is -1.00 e. The molecule has 26 heavy (non-hydrogen) atoms. The second kappa shape index (κ2) is 10.6. The summed E-state index contributed by atoms with van der Waals surface area (Å²) >= 11 is 0. The maximum atomic E-state index is 12.6. The Hall–Kier alpha value is -0.710. The molecule has 0 amide bonds. The van der Waals surface area contributed by atoms with Gasteiger partial charge in [0, 0.05) is 0 Å². The van der Waals surface area contributed by atoms with E-state index in [1.807, 2.05) is 41.9 Å². The van der Waals surface area contributed by atoms with E-state index in [0.29, 0.717) is 17.6 Å². The number of nitrogens with one attached hydrogen (secondary N) is 1. The maximum absolute atomic E-state index is 12.6. The number of carbonyl (C=O) groups excluding carboxylic acids is 1. The van der Waals surface area contributed by atoms with Gasteiger partial charge in [-0.15, -0.1) is 0 Å². The van der Waals surface area contributed by atoms with Crippen molar-refractivity contribution in [3.05, 3.63) is 29.8 Å². The Morgan fingerprint density at radius 1 is 1.15 bits per heavy atom. The first-order valence-electron chi connectivity index (χ1n) is 8.44. The quantitative estimate of drug-likeness (QED) is 0.268. The molecule has 0 heterocycles. The second-order valence-electron chi connectivity index (χ2n) is 7.89. The lowest BCUT2D eigenvalue weighted by Gasteiger charge is -2.29. The molecule has 0 aliphatic carbocycles. The molecule has 150 valence electrons. The zero-order valence-corrected chi connectivity index (χ0v) is 19.4. The SMILES string of the molecule is Cc1ccc(S(=O)(=O)N[C@H](CC(=O)OCC(C)C)C[N+](C)(C)C)cc1.[I-]. The fourth-order valence-electron chi connectivity index (χ4n) is 2.33. The summed E-state index contributed by atoms with van der Waals surface area (Å²) < 4.78 is 33.6. The molecule has 0 aliphatic heterocycles. The number of rotatable bonds is 9. The molecule has 6 nitrogen and oxygen atoms in total. The van der Waals surface area contributed by atoms with Gasteiger partial charge in [-0.05, 0) is 25.0 Å². The number of quaternary nitrogens is 1. The highest BCUT2D eigenvalue weighted by molar-refractivity contribution is 7.89. The average Bonchev–Trinajstić information content (AvgIpc) is 2.43. The van der Waals surface area contributed by atoms with E-state index in [4.69, 9.17) is 4.74 Å². The predicted molar refractivity (Wildman–Crippen MR) is 98.6 cm³/mol. The van der Waals surface area contributed by atoms with Crippen LogP contribution < -0.4 is 28.7 Å². The van der Waals surface area contributed by atoms with Crippen LogP contribution in [0.1, 0.15) is 25.8 Å². The summed E-state index contributed by atoms with van der Waals surface area (Å²) in [5.41, 5.74) is 0.985. The molecule has 1 N–H and O–H groups in total. The van der Waals surface area contributed by atoms with Crippen LogP contribution in [0.3, 0.4) is 0 Å². The summed E-state index contributed by atoms with van der Waals surface area (Å²) in [6.45, 7) is 6.62. The number of aryl methyl sites for hydroxylation is 1. The van der Waals surface area contributed by atoms with Crippen molar-refractivity contribution in [2.45, 2.75) is 38.1 Å². The minimum atomic E-state index is -3.69. The molecular weight excluding hydrogens is 467 g/mol. The summed E-state index contributed by atoms with van der Waals surface area (Å²) in [4.78, 5) is 12.2. The second-order valence-corrected chi connectivity index (χ2v) is 9.60. The molecule has 8 heteroatoms. The predicted octanol–water partition coefficient (Wildman–Crippen LogP) is -1.06. The third-order valence-electron chi connectivity index (χ3n) is 3.41. The third-order valence-corrected chi connectivity index (χ3v) is 4.95. The smallest absolute Gasteiger partial charge is 0.307 e. The van der Waals surface area contributed by atoms with Crippen molar-refractivity contribution in [3.8, 4) is 0 Å². The van der Waals surface area contributed by atoms with Crippen LogP contribution in [0, 0.1) is 12.8 Å². The van der Waals surface area contributed by atoms with E-state index in [1.165, 1.54) is 0 Å². The summed E-state index contributed by atoms with van der Waals surface area (Å²) in [5, 5.41) is 0. The molecule has 0 saturated heterocycles. The first-order chi connectivity index (χ1) is 11.4. The fourth-order valence-corrected chi connectivity index (χ4v) is 3.56. The Morgan fingerprint density at radius 2 is 1.69 bits per heavy atom. The van der Waals surface area contributed by atoms with E-state index in [0.717, 1.165) is 5.56 Å². The topological polar surface area (TPSA) is 72.5 Å². The minimum absolute atomic E-state index is 0. The van der Waals surface area contributed by atoms with Gasteiger partial charge < -0.3 is 33.2 Å². The number of esters is 1. The van der Waals surface area contributed by atoms with Gasteiger partial charge in [-0.25, -0.2) is 13.1 Å². The first kappa shape index (κ1) is 25.3. The first-order valence-corrected chi connectivity index (χ1v) is 9.92. The van der Waals surface area contributed by atoms with Gasteiger partial charge in [0.15, 0.2) is 0 Å². The van der Waals surface area contributed by atoms with E-state index >= 15 is 0 Å². The third kappa shape index (κ3) is 9.84. The van der Waals surface area contributed by atoms with Crippen LogP contribution in [0.15, 0.2) is 29.2 Å². The molecule has 0 unspecified atom stereocenters. The largest absolute Gasteiger partial charge is 1.00 e. The Morgan fingerprint density at radius 3 is 2.15 bits per heavy atom. The lowest BCUT2D eigenvalue weighted by molar-refractivity contribution is -0.871. The molecule has 1 rings (SSSR count). The summed E-state index contributed by atoms with van der Waals surface area (Å²) in [6, 6.07) is 6.10. The zero-order chi connectivity index (χ0) is 19.3. The highest BCUT2D eigenvalue weighted by atomic mass is 127. The molecule has 1 aromatic rings. The van der Waals surface area contributed by atoms with Crippen LogP contribution in [0.25, 0.3) is 0 Å². The maximum Gasteiger partial charge on any atom is 0.307 e. The van der Waals surface area contributed by atoms with Gasteiger partial charge in [-0.3, -0.25) is 4.79 Å². The van der Waals surface area contributed by atoms with Crippen LogP contribution in [0.5, 0.6) is 0 Å². The highest BCUT2D eigenvalue weighted by Gasteiger charge is 2.27. The van der Waals surface area contributed by atoms with Crippen LogP contribution in [-0.2, 0) is 19.6 Å². The Bertz CT molecular complexity index is 667. The lowest BCUT2D eigenvalue weighted by atomic mass is 10.2. The van der Waals surface area contributed by atoms with E-state index in [2.05, 4.69) is 4.72 Å². The number of hydrogen-bond acceptors (Lipinski definition) is 4. The van der Waals surface area contributed by atoms with Gasteiger partial charge in [0.1, 0.15) is 0 Å². The van der Waals surface area contributed by atoms with Crippen molar-refractivity contribution in [2.75, 3.05) is 34.3 Å². The Balaban J connectivity index is 0.00000625. The number of benzene rings is 1. The number of nitrogens with zero attached hydrogens (tertiary/aromatic N) is 1. The molecule has 0 aliphatic rings. The fraction of sp³-hybridized carbons (Fsp3) is 0.611. The number of likely N-dealkylation sites (N-methyl/N-ethyl adjacent to an activating group) is 1. The van der Waals surface area contributed by atoms with Gasteiger partial charge in [0.2, 0.25) is 10.0 Å². The van der Waals surface area contributed by atoms with Gasteiger partial charge in [-0.1, -0.05) is 31.5 Å². The zero-order valence-electron chi connectivity index (χ0n) is 16.5. The average molecular weight is 498 g/mol. The molecule has 0 fully saturated rings. The molecular formula is C18H31IN2O4S. The Labute approximate surface area is 175 Å². The van der Waals surface area contributed by atoms with Crippen LogP contribution in [-0.4, -0.2) is 59.2 Å². The summed E-state index contributed by atoms with van der Waals surface area (Å²) in [6.07, 6.45) is 0.00727. The molecule has 1 aromatic carbocycles. The van der Waals surface area contributed by atoms with E-state index < -0.39 is 22.0 Å². The number of halogens is 1. The standard InChI is InChI=1S/C18H31N2O4S.HI/c1-14(2)13-24-18(21)11-16(12-20(4,5)6)19-25(22,23)17-9-7-15(3)8-10-17;/h7-10,14,16,19H,11-13H2,1-6H3;1H/q+1;/p-1/t16-;/m1./s1. The number of hydrogen-bond donors (Lipinski definition) is 1. The van der Waals surface area contributed by atoms with Crippen LogP contribution >= 0.6 is 0 Å². The number of ether oxygens (including phenoxy) is 1. The molecule has 1 atom stereocenters. The van der Waals surface area contributed by atoms with Crippen molar-refractivity contribution in [1.29, 1.82) is 0 Å². The summed E-state index contributed by atoms with van der Waals surface area (Å²) in [7, 11) is 2.16. The molecule has 0 aromatic heterocycles. The van der Waals surface area contributed by atoms with Gasteiger partial charge >= 0.3 is 5.97 Å². The molecule has 0 bridgehead atoms. The monoisotopic (exact) mass is 498 g/mol. The normalized spacial score (nSPS) is 13.2. The van der Waals surface area contributed by atoms with Gasteiger partial charge in [0.25, 0.3) is 0 Å². The van der Waals surface area contributed by atoms with Crippen molar-refractivity contribution < 1.29 is 46.4 Å². The van der Waals surface area contributed by atoms with Crippen LogP contribution in [0.4, 0.5) is 0 Å². The summed E-state index contributed by atoms with van der Waals surface area (Å²) in [5.74, 6) is -0.149. The van der Waals surface area contributed by atoms with E-state index in [1.54, 1.807) is 24.3 Å². The molecule has 0 radical (unpaired) electrons. The van der Waals surface area contributed by atoms with Crippen molar-refractivity contribution in [3.63, 3.8) is 0 Å². The number of carbonyl (C=O) groups is 1. The van der Waals surface area contributed by atoms with Crippen molar-refractivity contribution >= 4 is 16.0 Å². The van der Waals surface area contributed by atoms with E-state index in [9.17, 15) is 13.2 Å². The number of sulfonamides is 1. The van der Waals surface area contributed by atoms with E-state index in [-0.39, 0.29) is 41.2 Å². The van der Waals surface area contributed by atoms with Gasteiger partial charge in [-0.2, -0.15) is 0 Å². The van der Waals surface area contributed by atoms with Gasteiger partial charge in [0.05, 0.1) is 51.7 Å². The lowest BCUT2D eigenvalue weighted by Crippen LogP contribution is -3.00. The van der Waals surface area contributed by atoms with Crippen molar-refractivity contribution in [2.24, 2.45) is 5.92 Å². The molecule has 0 saturated carbocycles. The molecule has 0 spiro atoms.